The van der Waals surface area contributed by atoms with E-state index >= 15 is 0 Å². The van der Waals surface area contributed by atoms with Crippen molar-refractivity contribution in [2.24, 2.45) is 0 Å². The minimum absolute atomic E-state index is 0.977. The number of para-hydroxylation sites is 2. The lowest BCUT2D eigenvalue weighted by Gasteiger charge is -2.09. The van der Waals surface area contributed by atoms with Crippen LogP contribution in [0, 0.1) is 0 Å². The highest BCUT2D eigenvalue weighted by molar-refractivity contribution is 6.11. The number of nitrogens with one attached hydrogen (secondary N) is 1. The molecule has 3 heteroatoms. The Bertz CT molecular complexity index is 2110. The summed E-state index contributed by atoms with van der Waals surface area (Å²) in [7, 11) is 0. The third-order valence-electron chi connectivity index (χ3n) is 7.59. The molecule has 0 saturated heterocycles. The highest BCUT2D eigenvalue weighted by Crippen LogP contribution is 2.36. The molecule has 178 valence electrons. The predicted octanol–water partition coefficient (Wildman–Crippen LogP) is 9.15. The van der Waals surface area contributed by atoms with Gasteiger partial charge in [-0.15, -0.1) is 0 Å². The minimum Gasteiger partial charge on any atom is -0.355 e. The molecule has 0 bridgehead atoms. The first-order valence-electron chi connectivity index (χ1n) is 12.9. The second kappa shape index (κ2) is 8.19. The van der Waals surface area contributed by atoms with Crippen molar-refractivity contribution in [3.8, 4) is 28.1 Å². The molecule has 3 nitrogen and oxygen atoms in total. The maximum Gasteiger partial charge on any atom is 0.0703 e. The van der Waals surface area contributed by atoms with Crippen LogP contribution in [-0.4, -0.2) is 14.5 Å². The van der Waals surface area contributed by atoms with Crippen molar-refractivity contribution in [3.63, 3.8) is 0 Å². The molecule has 0 aliphatic carbocycles. The Kier molecular flexibility index (Phi) is 4.52. The maximum absolute atomic E-state index is 4.81. The van der Waals surface area contributed by atoms with Crippen molar-refractivity contribution in [1.29, 1.82) is 0 Å². The summed E-state index contributed by atoms with van der Waals surface area (Å²) in [5.41, 5.74) is 10.3. The number of nitrogens with zero attached hydrogens (tertiary/aromatic N) is 2. The quantitative estimate of drug-likeness (QED) is 0.266. The summed E-state index contributed by atoms with van der Waals surface area (Å²) in [6.45, 7) is 0. The Hall–Kier alpha value is -5.15. The minimum atomic E-state index is 0.977. The number of hydrogen-bond acceptors (Lipinski definition) is 1. The summed E-state index contributed by atoms with van der Waals surface area (Å²) < 4.78 is 2.32. The van der Waals surface area contributed by atoms with Crippen LogP contribution in [0.25, 0.3) is 71.7 Å². The van der Waals surface area contributed by atoms with Gasteiger partial charge in [-0.2, -0.15) is 0 Å². The van der Waals surface area contributed by atoms with E-state index in [1.807, 2.05) is 24.4 Å². The number of rotatable bonds is 3. The van der Waals surface area contributed by atoms with Crippen LogP contribution in [0.15, 0.2) is 134 Å². The highest BCUT2D eigenvalue weighted by atomic mass is 15.0. The van der Waals surface area contributed by atoms with Crippen LogP contribution in [0.1, 0.15) is 0 Å². The fourth-order valence-electron chi connectivity index (χ4n) is 5.76. The Labute approximate surface area is 219 Å². The SMILES string of the molecule is c1ccc(-c2ccc(-n3c4ccccc4c4cc(-c5ccc6[nH]c7ccccc7c6c5)ccc43)cn2)cc1. The Morgan fingerprint density at radius 2 is 1.16 bits per heavy atom. The number of benzene rings is 5. The third kappa shape index (κ3) is 3.19. The van der Waals surface area contributed by atoms with Gasteiger partial charge in [0, 0.05) is 38.1 Å². The van der Waals surface area contributed by atoms with E-state index in [4.69, 9.17) is 4.98 Å². The zero-order chi connectivity index (χ0) is 25.1. The summed E-state index contributed by atoms with van der Waals surface area (Å²) in [5, 5.41) is 4.99. The molecule has 0 aliphatic rings. The first kappa shape index (κ1) is 21.0. The van der Waals surface area contributed by atoms with Gasteiger partial charge in [0.2, 0.25) is 0 Å². The first-order valence-corrected chi connectivity index (χ1v) is 12.9. The van der Waals surface area contributed by atoms with Crippen molar-refractivity contribution in [2.45, 2.75) is 0 Å². The van der Waals surface area contributed by atoms with E-state index in [9.17, 15) is 0 Å². The topological polar surface area (TPSA) is 33.6 Å². The van der Waals surface area contributed by atoms with Gasteiger partial charge in [0.15, 0.2) is 0 Å². The van der Waals surface area contributed by atoms with Gasteiger partial charge in [-0.1, -0.05) is 78.9 Å². The average molecular weight is 486 g/mol. The molecule has 8 rings (SSSR count). The fourth-order valence-corrected chi connectivity index (χ4v) is 5.76. The number of H-pyrrole nitrogens is 1. The molecule has 38 heavy (non-hydrogen) atoms. The Morgan fingerprint density at radius 1 is 0.474 bits per heavy atom. The van der Waals surface area contributed by atoms with E-state index in [2.05, 4.69) is 119 Å². The van der Waals surface area contributed by atoms with Crippen LogP contribution in [0.3, 0.4) is 0 Å². The van der Waals surface area contributed by atoms with E-state index in [0.717, 1.165) is 16.9 Å². The van der Waals surface area contributed by atoms with Crippen LogP contribution < -0.4 is 0 Å². The molecule has 0 amide bonds. The van der Waals surface area contributed by atoms with Crippen LogP contribution >= 0.6 is 0 Å². The molecular weight excluding hydrogens is 462 g/mol. The number of hydrogen-bond donors (Lipinski definition) is 1. The summed E-state index contributed by atoms with van der Waals surface area (Å²) in [6, 6.07) is 45.2. The van der Waals surface area contributed by atoms with Crippen molar-refractivity contribution < 1.29 is 0 Å². The predicted molar refractivity (Wildman–Crippen MR) is 159 cm³/mol. The zero-order valence-electron chi connectivity index (χ0n) is 20.6. The molecule has 0 spiro atoms. The molecule has 0 saturated carbocycles. The van der Waals surface area contributed by atoms with E-state index < -0.39 is 0 Å². The molecule has 0 aliphatic heterocycles. The van der Waals surface area contributed by atoms with Gasteiger partial charge in [-0.3, -0.25) is 4.98 Å². The van der Waals surface area contributed by atoms with Crippen molar-refractivity contribution in [2.75, 3.05) is 0 Å². The smallest absolute Gasteiger partial charge is 0.0703 e. The molecule has 3 heterocycles. The maximum atomic E-state index is 4.81. The van der Waals surface area contributed by atoms with Gasteiger partial charge >= 0.3 is 0 Å². The normalized spacial score (nSPS) is 11.7. The summed E-state index contributed by atoms with van der Waals surface area (Å²) in [6.07, 6.45) is 1.98. The molecule has 0 radical (unpaired) electrons. The van der Waals surface area contributed by atoms with E-state index in [0.29, 0.717) is 0 Å². The Morgan fingerprint density at radius 3 is 2.00 bits per heavy atom. The number of aromatic nitrogens is 3. The summed E-state index contributed by atoms with van der Waals surface area (Å²) in [5.74, 6) is 0. The summed E-state index contributed by atoms with van der Waals surface area (Å²) >= 11 is 0. The van der Waals surface area contributed by atoms with Gasteiger partial charge in [0.1, 0.15) is 0 Å². The molecule has 0 atom stereocenters. The van der Waals surface area contributed by atoms with Gasteiger partial charge < -0.3 is 9.55 Å². The molecule has 8 aromatic rings. The molecule has 3 aromatic heterocycles. The lowest BCUT2D eigenvalue weighted by atomic mass is 10.0. The lowest BCUT2D eigenvalue weighted by Crippen LogP contribution is -1.95. The molecule has 0 unspecified atom stereocenters. The van der Waals surface area contributed by atoms with Crippen LogP contribution in [0.2, 0.25) is 0 Å². The van der Waals surface area contributed by atoms with Gasteiger partial charge in [-0.05, 0) is 59.7 Å². The average Bonchev–Trinajstić information content (AvgIpc) is 3.53. The first-order chi connectivity index (χ1) is 18.8. The number of pyridine rings is 1. The van der Waals surface area contributed by atoms with Gasteiger partial charge in [0.25, 0.3) is 0 Å². The number of fused-ring (bicyclic) bond motifs is 6. The largest absolute Gasteiger partial charge is 0.355 e. The second-order valence-corrected chi connectivity index (χ2v) is 9.78. The van der Waals surface area contributed by atoms with Crippen molar-refractivity contribution >= 4 is 43.6 Å². The standard InChI is InChI=1S/C35H23N3/c1-2-8-23(9-3-1)31-18-16-26(22-36-31)38-34-13-7-5-11-28(34)30-21-25(15-19-35(30)38)24-14-17-33-29(20-24)27-10-4-6-12-32(27)37-33/h1-22,37H. The summed E-state index contributed by atoms with van der Waals surface area (Å²) in [4.78, 5) is 8.35. The van der Waals surface area contributed by atoms with E-state index in [1.165, 1.54) is 54.7 Å². The second-order valence-electron chi connectivity index (χ2n) is 9.78. The fraction of sp³-hybridized carbons (Fsp3) is 0. The van der Waals surface area contributed by atoms with Crippen LogP contribution in [0.4, 0.5) is 0 Å². The monoisotopic (exact) mass is 485 g/mol. The molecule has 1 N–H and O–H groups in total. The Balaban J connectivity index is 1.29. The molecule has 5 aromatic carbocycles. The highest BCUT2D eigenvalue weighted by Gasteiger charge is 2.14. The number of aromatic amines is 1. The van der Waals surface area contributed by atoms with E-state index in [-0.39, 0.29) is 0 Å². The molecular formula is C35H23N3. The van der Waals surface area contributed by atoms with Gasteiger partial charge in [-0.25, -0.2) is 0 Å². The van der Waals surface area contributed by atoms with E-state index in [1.54, 1.807) is 0 Å². The van der Waals surface area contributed by atoms with Crippen LogP contribution in [-0.2, 0) is 0 Å². The van der Waals surface area contributed by atoms with Crippen molar-refractivity contribution in [3.05, 3.63) is 134 Å². The van der Waals surface area contributed by atoms with Crippen LogP contribution in [0.5, 0.6) is 0 Å². The zero-order valence-corrected chi connectivity index (χ0v) is 20.6. The third-order valence-corrected chi connectivity index (χ3v) is 7.59. The van der Waals surface area contributed by atoms with Gasteiger partial charge in [0.05, 0.1) is 28.6 Å². The molecule has 0 fully saturated rings. The lowest BCUT2D eigenvalue weighted by molar-refractivity contribution is 1.14. The van der Waals surface area contributed by atoms with Crippen molar-refractivity contribution in [1.82, 2.24) is 14.5 Å².